The van der Waals surface area contributed by atoms with Crippen LogP contribution in [0.5, 0.6) is 0 Å². The highest BCUT2D eigenvalue weighted by Gasteiger charge is 1.95. The second-order valence-corrected chi connectivity index (χ2v) is 2.88. The van der Waals surface area contributed by atoms with Gasteiger partial charge in [-0.05, 0) is 26.8 Å². The van der Waals surface area contributed by atoms with Gasteiger partial charge in [-0.1, -0.05) is 24.3 Å². The van der Waals surface area contributed by atoms with Gasteiger partial charge in [0.05, 0.1) is 12.9 Å². The Balaban J connectivity index is 4.18. The van der Waals surface area contributed by atoms with Gasteiger partial charge < -0.3 is 10.1 Å². The van der Waals surface area contributed by atoms with Crippen LogP contribution in [-0.4, -0.2) is 12.5 Å². The van der Waals surface area contributed by atoms with E-state index < -0.39 is 0 Å². The molecule has 0 atom stereocenters. The van der Waals surface area contributed by atoms with E-state index in [1.54, 1.807) is 0 Å². The van der Waals surface area contributed by atoms with Gasteiger partial charge in [0.1, 0.15) is 0 Å². The summed E-state index contributed by atoms with van der Waals surface area (Å²) in [6, 6.07) is 0. The molecular formula is C13H19NO2. The highest BCUT2D eigenvalue weighted by Crippen LogP contribution is 1.93. The number of hydrogen-bond acceptors (Lipinski definition) is 2. The second kappa shape index (κ2) is 9.77. The van der Waals surface area contributed by atoms with Crippen LogP contribution in [0.25, 0.3) is 0 Å². The molecule has 0 bridgehead atoms. The maximum Gasteiger partial charge on any atom is 0.251 e. The van der Waals surface area contributed by atoms with Crippen molar-refractivity contribution < 1.29 is 9.53 Å². The lowest BCUT2D eigenvalue weighted by molar-refractivity contribution is -0.115. The van der Waals surface area contributed by atoms with Crippen molar-refractivity contribution in [1.29, 1.82) is 0 Å². The number of allylic oxidation sites excluding steroid dienone is 5. The number of carbonyl (C=O) groups is 1. The van der Waals surface area contributed by atoms with Crippen LogP contribution in [0.4, 0.5) is 0 Å². The molecule has 0 aromatic heterocycles. The van der Waals surface area contributed by atoms with E-state index in [1.165, 1.54) is 12.3 Å². The molecule has 0 heterocycles. The van der Waals surface area contributed by atoms with E-state index >= 15 is 0 Å². The smallest absolute Gasteiger partial charge is 0.251 e. The highest BCUT2D eigenvalue weighted by molar-refractivity contribution is 5.88. The van der Waals surface area contributed by atoms with Gasteiger partial charge in [-0.3, -0.25) is 4.79 Å². The zero-order valence-corrected chi connectivity index (χ0v) is 10.1. The molecule has 0 saturated heterocycles. The van der Waals surface area contributed by atoms with E-state index in [2.05, 4.69) is 5.32 Å². The molecule has 3 nitrogen and oxygen atoms in total. The highest BCUT2D eigenvalue weighted by atomic mass is 16.5. The maximum absolute atomic E-state index is 11.3. The van der Waals surface area contributed by atoms with Crippen molar-refractivity contribution in [1.82, 2.24) is 5.32 Å². The number of rotatable bonds is 6. The summed E-state index contributed by atoms with van der Waals surface area (Å²) in [5.74, 6) is -0.202. The van der Waals surface area contributed by atoms with E-state index in [-0.39, 0.29) is 5.91 Å². The van der Waals surface area contributed by atoms with Crippen molar-refractivity contribution >= 4 is 5.91 Å². The molecule has 0 aromatic rings. The first kappa shape index (κ1) is 14.2. The lowest BCUT2D eigenvalue weighted by Gasteiger charge is -2.01. The molecule has 0 aromatic carbocycles. The minimum Gasteiger partial charge on any atom is -0.501 e. The summed E-state index contributed by atoms with van der Waals surface area (Å²) in [5.41, 5.74) is 0.754. The molecule has 0 saturated carbocycles. The summed E-state index contributed by atoms with van der Waals surface area (Å²) in [7, 11) is 0. The molecule has 3 heteroatoms. The first-order chi connectivity index (χ1) is 7.74. The molecule has 0 aliphatic rings. The van der Waals surface area contributed by atoms with Gasteiger partial charge in [0, 0.05) is 11.8 Å². The van der Waals surface area contributed by atoms with Crippen molar-refractivity contribution in [3.05, 3.63) is 48.4 Å². The van der Waals surface area contributed by atoms with Crippen LogP contribution >= 0.6 is 0 Å². The summed E-state index contributed by atoms with van der Waals surface area (Å²) in [4.78, 5) is 11.3. The summed E-state index contributed by atoms with van der Waals surface area (Å²) in [6.45, 7) is 6.21. The largest absolute Gasteiger partial charge is 0.501 e. The van der Waals surface area contributed by atoms with Gasteiger partial charge in [-0.25, -0.2) is 0 Å². The number of hydrogen-bond donors (Lipinski definition) is 1. The minimum atomic E-state index is -0.202. The standard InChI is InChI=1S/C13H19NO2/c1-4-7-8-9-12(5-2)14-13(15)10-11-16-6-3/h4-5,7-11H,6H2,1-3H3,(H,14,15)/b7-4-,9-8-,11-10+,12-5+. The second-order valence-electron chi connectivity index (χ2n) is 2.88. The number of carbonyl (C=O) groups excluding carboxylic acids is 1. The Morgan fingerprint density at radius 3 is 2.56 bits per heavy atom. The predicted octanol–water partition coefficient (Wildman–Crippen LogP) is 2.69. The summed E-state index contributed by atoms with van der Waals surface area (Å²) >= 11 is 0. The first-order valence-corrected chi connectivity index (χ1v) is 5.29. The Morgan fingerprint density at radius 2 is 2.00 bits per heavy atom. The first-order valence-electron chi connectivity index (χ1n) is 5.29. The molecule has 0 aliphatic heterocycles. The quantitative estimate of drug-likeness (QED) is 0.425. The Kier molecular flexibility index (Phi) is 8.69. The molecule has 0 aliphatic carbocycles. The normalized spacial score (nSPS) is 12.8. The van der Waals surface area contributed by atoms with E-state index in [0.717, 1.165) is 5.70 Å². The molecule has 0 rings (SSSR count). The van der Waals surface area contributed by atoms with Crippen LogP contribution < -0.4 is 5.32 Å². The average molecular weight is 221 g/mol. The third-order valence-electron chi connectivity index (χ3n) is 1.64. The molecule has 1 amide bonds. The van der Waals surface area contributed by atoms with Gasteiger partial charge in [-0.15, -0.1) is 0 Å². The zero-order chi connectivity index (χ0) is 12.2. The van der Waals surface area contributed by atoms with Crippen LogP contribution in [-0.2, 0) is 9.53 Å². The SMILES string of the molecule is C\C=C/C=C\C(=C/C)NC(=O)/C=C/OCC. The van der Waals surface area contributed by atoms with E-state index in [9.17, 15) is 4.79 Å². The molecule has 88 valence electrons. The van der Waals surface area contributed by atoms with Gasteiger partial charge >= 0.3 is 0 Å². The predicted molar refractivity (Wildman–Crippen MR) is 66.6 cm³/mol. The summed E-state index contributed by atoms with van der Waals surface area (Å²) in [6.07, 6.45) is 12.1. The van der Waals surface area contributed by atoms with Crippen LogP contribution in [0, 0.1) is 0 Å². The monoisotopic (exact) mass is 221 g/mol. The van der Waals surface area contributed by atoms with Gasteiger partial charge in [0.2, 0.25) is 0 Å². The van der Waals surface area contributed by atoms with Crippen LogP contribution in [0.15, 0.2) is 48.4 Å². The van der Waals surface area contributed by atoms with Crippen LogP contribution in [0.2, 0.25) is 0 Å². The van der Waals surface area contributed by atoms with Crippen molar-refractivity contribution in [3.8, 4) is 0 Å². The number of amides is 1. The summed E-state index contributed by atoms with van der Waals surface area (Å²) < 4.78 is 4.93. The molecule has 0 unspecified atom stereocenters. The van der Waals surface area contributed by atoms with Crippen LogP contribution in [0.1, 0.15) is 20.8 Å². The average Bonchev–Trinajstić information content (AvgIpc) is 2.28. The fourth-order valence-corrected chi connectivity index (χ4v) is 0.870. The van der Waals surface area contributed by atoms with E-state index in [4.69, 9.17) is 4.74 Å². The zero-order valence-electron chi connectivity index (χ0n) is 10.1. The molecular weight excluding hydrogens is 202 g/mol. The maximum atomic E-state index is 11.3. The van der Waals surface area contributed by atoms with Gasteiger partial charge in [-0.2, -0.15) is 0 Å². The fourth-order valence-electron chi connectivity index (χ4n) is 0.870. The van der Waals surface area contributed by atoms with Crippen LogP contribution in [0.3, 0.4) is 0 Å². The lowest BCUT2D eigenvalue weighted by atomic mass is 10.3. The molecule has 0 radical (unpaired) electrons. The van der Waals surface area contributed by atoms with Crippen molar-refractivity contribution in [2.45, 2.75) is 20.8 Å². The third kappa shape index (κ3) is 7.62. The molecule has 1 N–H and O–H groups in total. The fraction of sp³-hybridized carbons (Fsp3) is 0.308. The Hall–Kier alpha value is -1.77. The van der Waals surface area contributed by atoms with E-state index in [0.29, 0.717) is 6.61 Å². The van der Waals surface area contributed by atoms with Crippen molar-refractivity contribution in [3.63, 3.8) is 0 Å². The van der Waals surface area contributed by atoms with Crippen molar-refractivity contribution in [2.75, 3.05) is 6.61 Å². The molecule has 16 heavy (non-hydrogen) atoms. The number of ether oxygens (including phenoxy) is 1. The lowest BCUT2D eigenvalue weighted by Crippen LogP contribution is -2.19. The third-order valence-corrected chi connectivity index (χ3v) is 1.64. The minimum absolute atomic E-state index is 0.202. The summed E-state index contributed by atoms with van der Waals surface area (Å²) in [5, 5.41) is 2.72. The van der Waals surface area contributed by atoms with Gasteiger partial charge in [0.15, 0.2) is 0 Å². The van der Waals surface area contributed by atoms with Crippen molar-refractivity contribution in [2.24, 2.45) is 0 Å². The Labute approximate surface area is 97.2 Å². The molecule has 0 spiro atoms. The van der Waals surface area contributed by atoms with E-state index in [1.807, 2.05) is 51.2 Å². The Morgan fingerprint density at radius 1 is 1.25 bits per heavy atom. The van der Waals surface area contributed by atoms with Gasteiger partial charge in [0.25, 0.3) is 5.91 Å². The Bertz CT molecular complexity index is 312. The number of nitrogens with one attached hydrogen (secondary N) is 1. The molecule has 0 fully saturated rings. The topological polar surface area (TPSA) is 38.3 Å².